The lowest BCUT2D eigenvalue weighted by molar-refractivity contribution is -0.113. The highest BCUT2D eigenvalue weighted by atomic mass is 32.2. The summed E-state index contributed by atoms with van der Waals surface area (Å²) in [5.41, 5.74) is -0.518. The molecule has 9 nitrogen and oxygen atoms in total. The van der Waals surface area contributed by atoms with E-state index in [0.717, 1.165) is 16.3 Å². The largest absolute Gasteiger partial charge is 0.497 e. The van der Waals surface area contributed by atoms with Crippen molar-refractivity contribution in [2.24, 2.45) is 14.1 Å². The second-order valence-electron chi connectivity index (χ2n) is 8.08. The number of carbonyl (C=O) groups is 1. The van der Waals surface area contributed by atoms with Crippen LogP contribution in [0.25, 0.3) is 11.0 Å². The quantitative estimate of drug-likeness (QED) is 0.475. The summed E-state index contributed by atoms with van der Waals surface area (Å²) in [5.74, 6) is 0.883. The van der Waals surface area contributed by atoms with E-state index >= 15 is 0 Å². The van der Waals surface area contributed by atoms with E-state index in [9.17, 15) is 14.4 Å². The molecule has 3 rings (SSSR count). The van der Waals surface area contributed by atoms with Gasteiger partial charge in [-0.1, -0.05) is 38.6 Å². The summed E-state index contributed by atoms with van der Waals surface area (Å²) >= 11 is 1.13. The first-order chi connectivity index (χ1) is 14.5. The first-order valence-corrected chi connectivity index (χ1v) is 10.6. The average Bonchev–Trinajstić information content (AvgIpc) is 2.73. The molecule has 10 heteroatoms. The number of aryl methyl sites for hydroxylation is 1. The normalized spacial score (nSPS) is 11.5. The zero-order valence-corrected chi connectivity index (χ0v) is 19.2. The van der Waals surface area contributed by atoms with Crippen LogP contribution in [0.3, 0.4) is 0 Å². The van der Waals surface area contributed by atoms with Crippen molar-refractivity contribution in [1.82, 2.24) is 19.1 Å². The number of nitrogens with one attached hydrogen (secondary N) is 1. The molecule has 1 amide bonds. The number of benzene rings is 1. The van der Waals surface area contributed by atoms with E-state index < -0.39 is 16.7 Å². The molecule has 0 saturated heterocycles. The first-order valence-electron chi connectivity index (χ1n) is 9.58. The van der Waals surface area contributed by atoms with Crippen molar-refractivity contribution in [3.8, 4) is 5.75 Å². The van der Waals surface area contributed by atoms with Gasteiger partial charge >= 0.3 is 5.69 Å². The van der Waals surface area contributed by atoms with Crippen molar-refractivity contribution in [1.29, 1.82) is 0 Å². The van der Waals surface area contributed by atoms with E-state index in [1.54, 1.807) is 38.4 Å². The number of carbonyl (C=O) groups excluding carboxylic acids is 1. The number of nitrogens with zero attached hydrogens (tertiary/aromatic N) is 4. The molecule has 0 radical (unpaired) electrons. The molecule has 0 atom stereocenters. The second-order valence-corrected chi connectivity index (χ2v) is 9.04. The Morgan fingerprint density at radius 1 is 1.16 bits per heavy atom. The van der Waals surface area contributed by atoms with Gasteiger partial charge in [0.2, 0.25) is 5.91 Å². The molecule has 1 N–H and O–H groups in total. The van der Waals surface area contributed by atoms with Crippen LogP contribution >= 0.6 is 11.8 Å². The van der Waals surface area contributed by atoms with Gasteiger partial charge in [0.1, 0.15) is 22.0 Å². The van der Waals surface area contributed by atoms with Crippen LogP contribution in [0.2, 0.25) is 0 Å². The molecular formula is C21H25N5O4S. The van der Waals surface area contributed by atoms with Gasteiger partial charge in [-0.3, -0.25) is 18.7 Å². The van der Waals surface area contributed by atoms with Crippen LogP contribution in [0, 0.1) is 0 Å². The van der Waals surface area contributed by atoms with Gasteiger partial charge in [-0.05, 0) is 12.1 Å². The van der Waals surface area contributed by atoms with Crippen LogP contribution in [0.5, 0.6) is 5.75 Å². The molecule has 2 aromatic heterocycles. The number of rotatable bonds is 5. The van der Waals surface area contributed by atoms with Crippen molar-refractivity contribution < 1.29 is 9.53 Å². The minimum atomic E-state index is -0.491. The lowest BCUT2D eigenvalue weighted by Gasteiger charge is -2.19. The highest BCUT2D eigenvalue weighted by Gasteiger charge is 2.24. The van der Waals surface area contributed by atoms with Gasteiger partial charge in [0.15, 0.2) is 5.65 Å². The Bertz CT molecular complexity index is 1270. The molecule has 0 aliphatic heterocycles. The molecule has 31 heavy (non-hydrogen) atoms. The lowest BCUT2D eigenvalue weighted by Crippen LogP contribution is -2.38. The number of amides is 1. The highest BCUT2D eigenvalue weighted by molar-refractivity contribution is 8.00. The topological polar surface area (TPSA) is 108 Å². The van der Waals surface area contributed by atoms with Gasteiger partial charge in [-0.25, -0.2) is 14.8 Å². The van der Waals surface area contributed by atoms with Gasteiger partial charge in [0.05, 0.1) is 12.9 Å². The predicted molar refractivity (Wildman–Crippen MR) is 121 cm³/mol. The van der Waals surface area contributed by atoms with Gasteiger partial charge in [-0.15, -0.1) is 0 Å². The van der Waals surface area contributed by atoms with Crippen molar-refractivity contribution >= 4 is 34.4 Å². The zero-order chi connectivity index (χ0) is 22.9. The molecule has 0 aliphatic carbocycles. The van der Waals surface area contributed by atoms with Crippen LogP contribution in [-0.2, 0) is 24.3 Å². The Balaban J connectivity index is 1.99. The number of thioether (sulfide) groups is 1. The Kier molecular flexibility index (Phi) is 6.21. The fourth-order valence-electron chi connectivity index (χ4n) is 2.90. The Morgan fingerprint density at radius 2 is 1.87 bits per heavy atom. The lowest BCUT2D eigenvalue weighted by atomic mass is 9.96. The number of methoxy groups -OCH3 is 1. The molecule has 1 aromatic carbocycles. The molecule has 0 fully saturated rings. The van der Waals surface area contributed by atoms with Crippen LogP contribution in [-0.4, -0.2) is 37.9 Å². The smallest absolute Gasteiger partial charge is 0.332 e. The van der Waals surface area contributed by atoms with Gasteiger partial charge in [-0.2, -0.15) is 0 Å². The van der Waals surface area contributed by atoms with Crippen LogP contribution in [0.15, 0.2) is 38.9 Å². The summed E-state index contributed by atoms with van der Waals surface area (Å²) in [5, 5.41) is 3.39. The molecule has 0 aliphatic rings. The Hall–Kier alpha value is -3.14. The molecule has 164 valence electrons. The first kappa shape index (κ1) is 22.5. The number of hydrogen-bond acceptors (Lipinski definition) is 7. The fraction of sp³-hybridized carbons (Fsp3) is 0.381. The third-order valence-electron chi connectivity index (χ3n) is 4.63. The fourth-order valence-corrected chi connectivity index (χ4v) is 3.71. The number of hydrogen-bond donors (Lipinski definition) is 1. The third kappa shape index (κ3) is 4.63. The van der Waals surface area contributed by atoms with E-state index in [-0.39, 0.29) is 22.7 Å². The van der Waals surface area contributed by atoms with Crippen molar-refractivity contribution in [2.45, 2.75) is 31.2 Å². The summed E-state index contributed by atoms with van der Waals surface area (Å²) < 4.78 is 7.51. The number of aromatic nitrogens is 4. The molecule has 0 bridgehead atoms. The second kappa shape index (κ2) is 8.54. The number of fused-ring (bicyclic) bond motifs is 1. The summed E-state index contributed by atoms with van der Waals surface area (Å²) in [6.07, 6.45) is 0. The van der Waals surface area contributed by atoms with Crippen molar-refractivity contribution in [3.63, 3.8) is 0 Å². The van der Waals surface area contributed by atoms with Crippen molar-refractivity contribution in [3.05, 3.63) is 50.9 Å². The molecule has 0 spiro atoms. The number of anilines is 1. The number of ether oxygens (including phenoxy) is 1. The van der Waals surface area contributed by atoms with Crippen LogP contribution in [0.1, 0.15) is 26.6 Å². The summed E-state index contributed by atoms with van der Waals surface area (Å²) in [7, 11) is 4.52. The summed E-state index contributed by atoms with van der Waals surface area (Å²) in [6, 6.07) is 7.03. The SMILES string of the molecule is COc1cccc(NC(=O)CSc2nc(C(C)(C)C)nc3c2c(=O)n(C)c(=O)n3C)c1. The minimum Gasteiger partial charge on any atom is -0.497 e. The van der Waals surface area contributed by atoms with E-state index in [1.807, 2.05) is 20.8 Å². The van der Waals surface area contributed by atoms with Gasteiger partial charge in [0, 0.05) is 31.3 Å². The average molecular weight is 444 g/mol. The summed E-state index contributed by atoms with van der Waals surface area (Å²) in [4.78, 5) is 46.8. The Labute approximate surface area is 183 Å². The molecule has 0 saturated carbocycles. The van der Waals surface area contributed by atoms with E-state index in [2.05, 4.69) is 15.3 Å². The molecule has 3 aromatic rings. The van der Waals surface area contributed by atoms with Gasteiger partial charge < -0.3 is 10.1 Å². The summed E-state index contributed by atoms with van der Waals surface area (Å²) in [6.45, 7) is 5.83. The van der Waals surface area contributed by atoms with Crippen LogP contribution in [0.4, 0.5) is 5.69 Å². The maximum Gasteiger partial charge on any atom is 0.332 e. The minimum absolute atomic E-state index is 0.0267. The highest BCUT2D eigenvalue weighted by Crippen LogP contribution is 2.27. The Morgan fingerprint density at radius 3 is 2.52 bits per heavy atom. The van der Waals surface area contributed by atoms with E-state index in [0.29, 0.717) is 22.3 Å². The van der Waals surface area contributed by atoms with Crippen LogP contribution < -0.4 is 21.3 Å². The molecular weight excluding hydrogens is 418 g/mol. The van der Waals surface area contributed by atoms with E-state index in [4.69, 9.17) is 4.74 Å². The zero-order valence-electron chi connectivity index (χ0n) is 18.3. The maximum absolute atomic E-state index is 12.8. The predicted octanol–water partition coefficient (Wildman–Crippen LogP) is 2.06. The molecule has 0 unspecified atom stereocenters. The van der Waals surface area contributed by atoms with Crippen molar-refractivity contribution in [2.75, 3.05) is 18.2 Å². The monoisotopic (exact) mass is 443 g/mol. The maximum atomic E-state index is 12.8. The van der Waals surface area contributed by atoms with Gasteiger partial charge in [0.25, 0.3) is 5.56 Å². The van der Waals surface area contributed by atoms with E-state index in [1.165, 1.54) is 11.6 Å². The third-order valence-corrected chi connectivity index (χ3v) is 5.61. The molecule has 2 heterocycles. The standard InChI is InChI=1S/C21H25N5O4S/c1-21(2,3)19-23-16-15(18(28)26(5)20(29)25(16)4)17(24-19)31-11-14(27)22-12-8-7-9-13(10-12)30-6/h7-10H,11H2,1-6H3,(H,22,27).